The maximum absolute atomic E-state index is 11.7. The van der Waals surface area contributed by atoms with E-state index < -0.39 is 6.67 Å². The summed E-state index contributed by atoms with van der Waals surface area (Å²) in [5.74, 6) is 0.503. The molecule has 0 saturated heterocycles. The second-order valence-corrected chi connectivity index (χ2v) is 3.44. The van der Waals surface area contributed by atoms with Crippen LogP contribution in [-0.2, 0) is 0 Å². The summed E-state index contributed by atoms with van der Waals surface area (Å²) in [5, 5.41) is 0.492. The maximum Gasteiger partial charge on any atom is 0.139 e. The zero-order chi connectivity index (χ0) is 8.97. The Labute approximate surface area is 83.6 Å². The molecule has 0 aromatic heterocycles. The van der Waals surface area contributed by atoms with Gasteiger partial charge >= 0.3 is 0 Å². The van der Waals surface area contributed by atoms with Crippen LogP contribution in [0.1, 0.15) is 0 Å². The highest BCUT2D eigenvalue weighted by Gasteiger charge is 2.00. The minimum Gasteiger partial charge on any atom is -0.489 e. The standard InChI is InChI=1S/C8H7BrClFO/c9-6-1-2-7(10)8(5-6)12-4-3-11/h1-2,5H,3-4H2. The summed E-state index contributed by atoms with van der Waals surface area (Å²) in [6.45, 7) is -0.473. The number of hydrogen-bond donors (Lipinski definition) is 0. The summed E-state index contributed by atoms with van der Waals surface area (Å²) in [4.78, 5) is 0. The molecule has 1 rings (SSSR count). The normalized spacial score (nSPS) is 9.92. The van der Waals surface area contributed by atoms with Crippen LogP contribution in [0.2, 0.25) is 5.02 Å². The van der Waals surface area contributed by atoms with E-state index in [2.05, 4.69) is 15.9 Å². The minimum absolute atomic E-state index is 0.0379. The zero-order valence-electron chi connectivity index (χ0n) is 6.19. The Morgan fingerprint density at radius 1 is 1.50 bits per heavy atom. The first-order valence-corrected chi connectivity index (χ1v) is 4.55. The molecular weight excluding hydrogens is 246 g/mol. The van der Waals surface area contributed by atoms with E-state index in [0.717, 1.165) is 4.47 Å². The van der Waals surface area contributed by atoms with E-state index >= 15 is 0 Å². The van der Waals surface area contributed by atoms with Gasteiger partial charge in [0.25, 0.3) is 0 Å². The molecule has 0 atom stereocenters. The van der Waals surface area contributed by atoms with Crippen molar-refractivity contribution < 1.29 is 9.13 Å². The quantitative estimate of drug-likeness (QED) is 0.802. The SMILES string of the molecule is FCCOc1cc(Br)ccc1Cl. The van der Waals surface area contributed by atoms with Gasteiger partial charge in [-0.1, -0.05) is 27.5 Å². The molecule has 0 aliphatic carbocycles. The first kappa shape index (κ1) is 9.81. The lowest BCUT2D eigenvalue weighted by atomic mass is 10.3. The third-order valence-corrected chi connectivity index (χ3v) is 2.03. The molecule has 0 N–H and O–H groups in total. The van der Waals surface area contributed by atoms with Gasteiger partial charge in [0.2, 0.25) is 0 Å². The summed E-state index contributed by atoms with van der Waals surface area (Å²) < 4.78 is 17.6. The number of hydrogen-bond acceptors (Lipinski definition) is 1. The van der Waals surface area contributed by atoms with Crippen LogP contribution in [0.15, 0.2) is 22.7 Å². The highest BCUT2D eigenvalue weighted by Crippen LogP contribution is 2.27. The Morgan fingerprint density at radius 3 is 2.92 bits per heavy atom. The van der Waals surface area contributed by atoms with Gasteiger partial charge in [0.05, 0.1) is 5.02 Å². The van der Waals surface area contributed by atoms with E-state index in [-0.39, 0.29) is 6.61 Å². The number of benzene rings is 1. The van der Waals surface area contributed by atoms with E-state index in [1.54, 1.807) is 18.2 Å². The van der Waals surface area contributed by atoms with Crippen LogP contribution in [0.25, 0.3) is 0 Å². The molecular formula is C8H7BrClFO. The van der Waals surface area contributed by atoms with Crippen LogP contribution in [0, 0.1) is 0 Å². The molecule has 0 spiro atoms. The Bertz CT molecular complexity index is 267. The van der Waals surface area contributed by atoms with Gasteiger partial charge in [0, 0.05) is 4.47 Å². The van der Waals surface area contributed by atoms with Gasteiger partial charge in [0.15, 0.2) is 0 Å². The van der Waals surface area contributed by atoms with Crippen molar-refractivity contribution in [1.29, 1.82) is 0 Å². The number of ether oxygens (including phenoxy) is 1. The Kier molecular flexibility index (Phi) is 3.82. The molecule has 0 heterocycles. The molecule has 0 aliphatic heterocycles. The highest BCUT2D eigenvalue weighted by atomic mass is 79.9. The van der Waals surface area contributed by atoms with Gasteiger partial charge < -0.3 is 4.74 Å². The fourth-order valence-corrected chi connectivity index (χ4v) is 1.25. The lowest BCUT2D eigenvalue weighted by Gasteiger charge is -2.05. The van der Waals surface area contributed by atoms with Crippen LogP contribution in [0.5, 0.6) is 5.75 Å². The molecule has 0 saturated carbocycles. The average molecular weight is 253 g/mol. The fourth-order valence-electron chi connectivity index (χ4n) is 0.736. The second-order valence-electron chi connectivity index (χ2n) is 2.11. The van der Waals surface area contributed by atoms with E-state index in [9.17, 15) is 4.39 Å². The molecule has 0 fully saturated rings. The summed E-state index contributed by atoms with van der Waals surface area (Å²) >= 11 is 9.02. The molecule has 0 amide bonds. The third kappa shape index (κ3) is 2.64. The number of rotatable bonds is 3. The lowest BCUT2D eigenvalue weighted by molar-refractivity contribution is 0.273. The van der Waals surface area contributed by atoms with E-state index in [0.29, 0.717) is 10.8 Å². The Balaban J connectivity index is 2.75. The largest absolute Gasteiger partial charge is 0.489 e. The molecule has 0 bridgehead atoms. The molecule has 4 heteroatoms. The topological polar surface area (TPSA) is 9.23 Å². The van der Waals surface area contributed by atoms with Crippen molar-refractivity contribution in [2.45, 2.75) is 0 Å². The zero-order valence-corrected chi connectivity index (χ0v) is 8.53. The van der Waals surface area contributed by atoms with Crippen molar-refractivity contribution >= 4 is 27.5 Å². The Hall–Kier alpha value is -0.280. The van der Waals surface area contributed by atoms with Crippen LogP contribution in [-0.4, -0.2) is 13.3 Å². The van der Waals surface area contributed by atoms with Crippen molar-refractivity contribution in [2.24, 2.45) is 0 Å². The predicted octanol–water partition coefficient (Wildman–Crippen LogP) is 3.45. The molecule has 66 valence electrons. The molecule has 1 nitrogen and oxygen atoms in total. The van der Waals surface area contributed by atoms with Crippen LogP contribution < -0.4 is 4.74 Å². The van der Waals surface area contributed by atoms with Crippen LogP contribution >= 0.6 is 27.5 Å². The number of alkyl halides is 1. The van der Waals surface area contributed by atoms with Crippen LogP contribution in [0.4, 0.5) is 4.39 Å². The van der Waals surface area contributed by atoms with Gasteiger partial charge in [-0.25, -0.2) is 4.39 Å². The van der Waals surface area contributed by atoms with E-state index in [4.69, 9.17) is 16.3 Å². The van der Waals surface area contributed by atoms with Crippen LogP contribution in [0.3, 0.4) is 0 Å². The maximum atomic E-state index is 11.7. The third-order valence-electron chi connectivity index (χ3n) is 1.23. The smallest absolute Gasteiger partial charge is 0.139 e. The molecule has 1 aromatic rings. The minimum atomic E-state index is -0.511. The van der Waals surface area contributed by atoms with Crippen molar-refractivity contribution in [2.75, 3.05) is 13.3 Å². The van der Waals surface area contributed by atoms with Crippen molar-refractivity contribution in [3.63, 3.8) is 0 Å². The van der Waals surface area contributed by atoms with Crippen molar-refractivity contribution in [3.05, 3.63) is 27.7 Å². The molecule has 0 unspecified atom stereocenters. The molecule has 0 radical (unpaired) electrons. The summed E-state index contributed by atoms with van der Waals surface area (Å²) in [5.41, 5.74) is 0. The fraction of sp³-hybridized carbons (Fsp3) is 0.250. The van der Waals surface area contributed by atoms with Gasteiger partial charge in [-0.2, -0.15) is 0 Å². The van der Waals surface area contributed by atoms with Gasteiger partial charge in [0.1, 0.15) is 19.0 Å². The summed E-state index contributed by atoms with van der Waals surface area (Å²) in [6, 6.07) is 5.20. The van der Waals surface area contributed by atoms with E-state index in [1.807, 2.05) is 0 Å². The molecule has 12 heavy (non-hydrogen) atoms. The first-order valence-electron chi connectivity index (χ1n) is 3.38. The summed E-state index contributed by atoms with van der Waals surface area (Å²) in [7, 11) is 0. The average Bonchev–Trinajstić information content (AvgIpc) is 2.07. The van der Waals surface area contributed by atoms with Gasteiger partial charge in [-0.3, -0.25) is 0 Å². The molecule has 0 aliphatic rings. The lowest BCUT2D eigenvalue weighted by Crippen LogP contribution is -1.98. The molecule has 1 aromatic carbocycles. The predicted molar refractivity (Wildman–Crippen MR) is 50.6 cm³/mol. The first-order chi connectivity index (χ1) is 5.74. The van der Waals surface area contributed by atoms with E-state index in [1.165, 1.54) is 0 Å². The van der Waals surface area contributed by atoms with Crippen molar-refractivity contribution in [1.82, 2.24) is 0 Å². The monoisotopic (exact) mass is 252 g/mol. The Morgan fingerprint density at radius 2 is 2.25 bits per heavy atom. The second kappa shape index (κ2) is 4.67. The van der Waals surface area contributed by atoms with Gasteiger partial charge in [-0.05, 0) is 18.2 Å². The number of halogens is 3. The van der Waals surface area contributed by atoms with Crippen molar-refractivity contribution in [3.8, 4) is 5.75 Å². The van der Waals surface area contributed by atoms with Gasteiger partial charge in [-0.15, -0.1) is 0 Å². The highest BCUT2D eigenvalue weighted by molar-refractivity contribution is 9.10. The summed E-state index contributed by atoms with van der Waals surface area (Å²) in [6.07, 6.45) is 0.